The molecule has 0 radical (unpaired) electrons. The van der Waals surface area contributed by atoms with E-state index in [2.05, 4.69) is 9.99 Å². The zero-order chi connectivity index (χ0) is 13.4. The van der Waals surface area contributed by atoms with Gasteiger partial charge in [-0.2, -0.15) is 0 Å². The van der Waals surface area contributed by atoms with Gasteiger partial charge >= 0.3 is 0 Å². The summed E-state index contributed by atoms with van der Waals surface area (Å²) >= 11 is 6.24. The lowest BCUT2D eigenvalue weighted by Gasteiger charge is -2.31. The first-order valence-electron chi connectivity index (χ1n) is 6.74. The molecule has 0 N–H and O–H groups in total. The Morgan fingerprint density at radius 1 is 1.26 bits per heavy atom. The lowest BCUT2D eigenvalue weighted by atomic mass is 10.2. The number of benzene rings is 1. The van der Waals surface area contributed by atoms with Gasteiger partial charge in [-0.05, 0) is 38.3 Å². The molecule has 3 rings (SSSR count). The SMILES string of the molecule is CC(Cl)c1nc2ccc(F)cc2n1N1CCCCC1. The number of halogens is 2. The highest BCUT2D eigenvalue weighted by Crippen LogP contribution is 2.26. The Morgan fingerprint density at radius 3 is 2.68 bits per heavy atom. The number of rotatable bonds is 2. The smallest absolute Gasteiger partial charge is 0.146 e. The fourth-order valence-corrected chi connectivity index (χ4v) is 2.83. The Hall–Kier alpha value is -1.29. The van der Waals surface area contributed by atoms with Gasteiger partial charge in [0.2, 0.25) is 0 Å². The summed E-state index contributed by atoms with van der Waals surface area (Å²) in [7, 11) is 0. The van der Waals surface area contributed by atoms with Crippen molar-refractivity contribution in [3.8, 4) is 0 Å². The lowest BCUT2D eigenvalue weighted by Crippen LogP contribution is -2.40. The molecule has 1 aliphatic heterocycles. The predicted molar refractivity (Wildman–Crippen MR) is 75.8 cm³/mol. The highest BCUT2D eigenvalue weighted by molar-refractivity contribution is 6.20. The fraction of sp³-hybridized carbons (Fsp3) is 0.500. The normalized spacial score (nSPS) is 17.9. The van der Waals surface area contributed by atoms with Gasteiger partial charge in [-0.15, -0.1) is 11.6 Å². The van der Waals surface area contributed by atoms with E-state index in [0.29, 0.717) is 0 Å². The van der Waals surface area contributed by atoms with Crippen molar-refractivity contribution in [3.05, 3.63) is 29.8 Å². The molecular formula is C14H17ClFN3. The summed E-state index contributed by atoms with van der Waals surface area (Å²) in [5, 5.41) is 2.03. The second kappa shape index (κ2) is 5.00. The average molecular weight is 282 g/mol. The largest absolute Gasteiger partial charge is 0.311 e. The molecule has 2 aromatic rings. The minimum absolute atomic E-state index is 0.197. The van der Waals surface area contributed by atoms with Gasteiger partial charge in [0.1, 0.15) is 11.6 Å². The van der Waals surface area contributed by atoms with Crippen LogP contribution in [0.1, 0.15) is 37.4 Å². The van der Waals surface area contributed by atoms with Gasteiger partial charge in [0.05, 0.1) is 16.4 Å². The van der Waals surface area contributed by atoms with E-state index >= 15 is 0 Å². The number of aromatic nitrogens is 2. The zero-order valence-electron chi connectivity index (χ0n) is 10.9. The first kappa shape index (κ1) is 12.7. The van der Waals surface area contributed by atoms with Crippen molar-refractivity contribution in [3.63, 3.8) is 0 Å². The Bertz CT molecular complexity index is 588. The molecule has 0 saturated carbocycles. The van der Waals surface area contributed by atoms with Crippen molar-refractivity contribution in [2.45, 2.75) is 31.6 Å². The molecule has 102 valence electrons. The van der Waals surface area contributed by atoms with Gasteiger partial charge in [-0.1, -0.05) is 0 Å². The summed E-state index contributed by atoms with van der Waals surface area (Å²) in [5.41, 5.74) is 1.61. The molecule has 1 saturated heterocycles. The molecule has 1 aliphatic rings. The molecule has 1 unspecified atom stereocenters. The van der Waals surface area contributed by atoms with E-state index in [4.69, 9.17) is 11.6 Å². The first-order chi connectivity index (χ1) is 9.16. The quantitative estimate of drug-likeness (QED) is 0.784. The average Bonchev–Trinajstić information content (AvgIpc) is 2.78. The van der Waals surface area contributed by atoms with Gasteiger partial charge in [0, 0.05) is 19.2 Å². The van der Waals surface area contributed by atoms with Crippen LogP contribution in [-0.2, 0) is 0 Å². The Morgan fingerprint density at radius 2 is 2.00 bits per heavy atom. The number of hydrogen-bond acceptors (Lipinski definition) is 2. The number of alkyl halides is 1. The number of hydrogen-bond donors (Lipinski definition) is 0. The van der Waals surface area contributed by atoms with Crippen molar-refractivity contribution in [1.82, 2.24) is 9.66 Å². The van der Waals surface area contributed by atoms with Gasteiger partial charge in [-0.25, -0.2) is 14.1 Å². The van der Waals surface area contributed by atoms with Gasteiger partial charge in [0.15, 0.2) is 0 Å². The predicted octanol–water partition coefficient (Wildman–Crippen LogP) is 3.60. The Kier molecular flexibility index (Phi) is 3.35. The molecule has 5 heteroatoms. The molecule has 1 aromatic heterocycles. The molecule has 19 heavy (non-hydrogen) atoms. The molecule has 2 heterocycles. The number of piperidine rings is 1. The summed E-state index contributed by atoms with van der Waals surface area (Å²) in [6.07, 6.45) is 3.57. The second-order valence-corrected chi connectivity index (χ2v) is 5.70. The van der Waals surface area contributed by atoms with Crippen LogP contribution in [0.2, 0.25) is 0 Å². The maximum Gasteiger partial charge on any atom is 0.146 e. The minimum atomic E-state index is -0.237. The van der Waals surface area contributed by atoms with Gasteiger partial charge < -0.3 is 5.01 Å². The van der Waals surface area contributed by atoms with E-state index in [1.54, 1.807) is 12.1 Å². The van der Waals surface area contributed by atoms with Crippen LogP contribution in [0.25, 0.3) is 11.0 Å². The van der Waals surface area contributed by atoms with Crippen molar-refractivity contribution in [2.24, 2.45) is 0 Å². The van der Waals surface area contributed by atoms with Crippen molar-refractivity contribution < 1.29 is 4.39 Å². The van der Waals surface area contributed by atoms with E-state index in [9.17, 15) is 4.39 Å². The van der Waals surface area contributed by atoms with Crippen molar-refractivity contribution >= 4 is 22.6 Å². The third kappa shape index (κ3) is 2.29. The number of imidazole rings is 1. The van der Waals surface area contributed by atoms with Crippen LogP contribution in [-0.4, -0.2) is 22.7 Å². The summed E-state index contributed by atoms with van der Waals surface area (Å²) in [5.74, 6) is 0.559. The summed E-state index contributed by atoms with van der Waals surface area (Å²) in [6.45, 7) is 3.84. The molecule has 3 nitrogen and oxygen atoms in total. The second-order valence-electron chi connectivity index (χ2n) is 5.05. The van der Waals surface area contributed by atoms with Crippen molar-refractivity contribution in [1.29, 1.82) is 0 Å². The van der Waals surface area contributed by atoms with Crippen LogP contribution < -0.4 is 5.01 Å². The van der Waals surface area contributed by atoms with E-state index in [0.717, 1.165) is 42.8 Å². The minimum Gasteiger partial charge on any atom is -0.311 e. The van der Waals surface area contributed by atoms with Crippen LogP contribution >= 0.6 is 11.6 Å². The van der Waals surface area contributed by atoms with E-state index in [1.165, 1.54) is 12.5 Å². The topological polar surface area (TPSA) is 21.1 Å². The van der Waals surface area contributed by atoms with Crippen LogP contribution in [0.4, 0.5) is 4.39 Å². The molecule has 0 aliphatic carbocycles. The summed E-state index contributed by atoms with van der Waals surface area (Å²) in [6, 6.07) is 4.70. The Labute approximate surface area is 116 Å². The number of fused-ring (bicyclic) bond motifs is 1. The molecule has 1 atom stereocenters. The molecule has 1 aromatic carbocycles. The maximum atomic E-state index is 13.5. The van der Waals surface area contributed by atoms with Crippen LogP contribution in [0.5, 0.6) is 0 Å². The fourth-order valence-electron chi connectivity index (χ4n) is 2.69. The highest BCUT2D eigenvalue weighted by atomic mass is 35.5. The van der Waals surface area contributed by atoms with Gasteiger partial charge in [-0.3, -0.25) is 0 Å². The van der Waals surface area contributed by atoms with E-state index in [-0.39, 0.29) is 11.2 Å². The summed E-state index contributed by atoms with van der Waals surface area (Å²) in [4.78, 5) is 4.55. The van der Waals surface area contributed by atoms with Crippen molar-refractivity contribution in [2.75, 3.05) is 18.1 Å². The van der Waals surface area contributed by atoms with Crippen LogP contribution in [0.15, 0.2) is 18.2 Å². The highest BCUT2D eigenvalue weighted by Gasteiger charge is 2.21. The zero-order valence-corrected chi connectivity index (χ0v) is 11.7. The molecule has 1 fully saturated rings. The molecule has 0 amide bonds. The van der Waals surface area contributed by atoms with Crippen LogP contribution in [0.3, 0.4) is 0 Å². The van der Waals surface area contributed by atoms with E-state index < -0.39 is 0 Å². The first-order valence-corrected chi connectivity index (χ1v) is 7.17. The molecule has 0 spiro atoms. The lowest BCUT2D eigenvalue weighted by molar-refractivity contribution is 0.474. The van der Waals surface area contributed by atoms with Crippen LogP contribution in [0, 0.1) is 5.82 Å². The maximum absolute atomic E-state index is 13.5. The standard InChI is InChI=1S/C14H17ClFN3/c1-10(15)14-17-12-6-5-11(16)9-13(12)19(14)18-7-3-2-4-8-18/h5-6,9-10H,2-4,7-8H2,1H3. The third-order valence-electron chi connectivity index (χ3n) is 3.59. The van der Waals surface area contributed by atoms with Gasteiger partial charge in [0.25, 0.3) is 0 Å². The van der Waals surface area contributed by atoms with E-state index in [1.807, 2.05) is 11.6 Å². The monoisotopic (exact) mass is 281 g/mol. The molecular weight excluding hydrogens is 265 g/mol. The summed E-state index contributed by atoms with van der Waals surface area (Å²) < 4.78 is 15.5. The third-order valence-corrected chi connectivity index (χ3v) is 3.78. The molecule has 0 bridgehead atoms. The number of nitrogens with zero attached hydrogens (tertiary/aromatic N) is 3. The Balaban J connectivity index is 2.17.